The maximum atomic E-state index is 11.1. The number of aromatic nitrogens is 1. The second kappa shape index (κ2) is 6.78. The summed E-state index contributed by atoms with van der Waals surface area (Å²) in [6, 6.07) is 14.5. The van der Waals surface area contributed by atoms with Gasteiger partial charge in [0.2, 0.25) is 0 Å². The first-order valence-corrected chi connectivity index (χ1v) is 8.27. The Balaban J connectivity index is 2.14. The molecular weight excluding hydrogens is 314 g/mol. The van der Waals surface area contributed by atoms with Crippen LogP contribution in [0.3, 0.4) is 0 Å². The van der Waals surface area contributed by atoms with Crippen molar-refractivity contribution < 1.29 is 4.92 Å². The van der Waals surface area contributed by atoms with Gasteiger partial charge >= 0.3 is 0 Å². The molecule has 0 aliphatic carbocycles. The molecule has 0 unspecified atom stereocenters. The molecule has 0 aliphatic rings. The fraction of sp³-hybridized carbons (Fsp3) is 0.250. The monoisotopic (exact) mass is 333 g/mol. The number of aryl methyl sites for hydroxylation is 1. The molecule has 0 fully saturated rings. The van der Waals surface area contributed by atoms with Gasteiger partial charge in [0, 0.05) is 35.8 Å². The Morgan fingerprint density at radius 3 is 2.52 bits per heavy atom. The lowest BCUT2D eigenvalue weighted by molar-refractivity contribution is -0.384. The van der Waals surface area contributed by atoms with E-state index in [-0.39, 0.29) is 10.6 Å². The molecule has 0 aliphatic heterocycles. The number of fused-ring (bicyclic) bond motifs is 1. The normalized spacial score (nSPS) is 11.0. The van der Waals surface area contributed by atoms with Gasteiger partial charge in [-0.25, -0.2) is 0 Å². The lowest BCUT2D eigenvalue weighted by Gasteiger charge is -2.07. The molecule has 0 amide bonds. The van der Waals surface area contributed by atoms with Crippen LogP contribution in [0.15, 0.2) is 48.7 Å². The van der Waals surface area contributed by atoms with Gasteiger partial charge in [-0.3, -0.25) is 10.1 Å². The second-order valence-corrected chi connectivity index (χ2v) is 6.57. The van der Waals surface area contributed by atoms with Gasteiger partial charge in [0.15, 0.2) is 0 Å². The Morgan fingerprint density at radius 2 is 1.92 bits per heavy atom. The topological polar surface area (TPSA) is 71.9 Å². The highest BCUT2D eigenvalue weighted by atomic mass is 16.6. The lowest BCUT2D eigenvalue weighted by Crippen LogP contribution is -2.00. The molecule has 0 saturated heterocycles. The third kappa shape index (κ3) is 3.38. The van der Waals surface area contributed by atoms with Crippen LogP contribution < -0.4 is 0 Å². The van der Waals surface area contributed by atoms with Gasteiger partial charge in [-0.05, 0) is 36.1 Å². The number of benzene rings is 2. The van der Waals surface area contributed by atoms with Gasteiger partial charge in [-0.2, -0.15) is 5.26 Å². The highest BCUT2D eigenvalue weighted by Gasteiger charge is 2.15. The van der Waals surface area contributed by atoms with Gasteiger partial charge in [0.05, 0.1) is 22.1 Å². The molecule has 1 aromatic heterocycles. The zero-order chi connectivity index (χ0) is 18.0. The van der Waals surface area contributed by atoms with Crippen molar-refractivity contribution in [3.05, 3.63) is 64.3 Å². The van der Waals surface area contributed by atoms with Crippen LogP contribution >= 0.6 is 0 Å². The van der Waals surface area contributed by atoms with Crippen molar-refractivity contribution in [3.8, 4) is 17.2 Å². The van der Waals surface area contributed by atoms with Crippen LogP contribution in [0, 0.1) is 27.4 Å². The molecule has 0 atom stereocenters. The summed E-state index contributed by atoms with van der Waals surface area (Å²) in [7, 11) is 0. The zero-order valence-corrected chi connectivity index (χ0v) is 14.3. The summed E-state index contributed by atoms with van der Waals surface area (Å²) in [5.41, 5.74) is 3.61. The van der Waals surface area contributed by atoms with E-state index in [0.717, 1.165) is 35.0 Å². The number of nitriles is 1. The molecule has 1 heterocycles. The molecule has 126 valence electrons. The number of hydrogen-bond donors (Lipinski definition) is 0. The van der Waals surface area contributed by atoms with E-state index >= 15 is 0 Å². The Morgan fingerprint density at radius 1 is 1.20 bits per heavy atom. The smallest absolute Gasteiger partial charge is 0.271 e. The van der Waals surface area contributed by atoms with Crippen molar-refractivity contribution in [2.45, 2.75) is 26.8 Å². The quantitative estimate of drug-likeness (QED) is 0.479. The molecule has 5 heteroatoms. The van der Waals surface area contributed by atoms with Crippen LogP contribution in [-0.2, 0) is 6.54 Å². The molecule has 0 radical (unpaired) electrons. The van der Waals surface area contributed by atoms with Gasteiger partial charge in [0.1, 0.15) is 0 Å². The van der Waals surface area contributed by atoms with Crippen molar-refractivity contribution in [1.29, 1.82) is 5.26 Å². The number of non-ortho nitro benzene ring substituents is 1. The number of rotatable bonds is 5. The standard InChI is InChI=1S/C20H19N3O2/c1-14(2)9-10-22-13-19(16-5-3-15(12-21)4-6-16)18-8-7-17(23(24)25)11-20(18)22/h3-8,11,13-14H,9-10H2,1-2H3. The van der Waals surface area contributed by atoms with Gasteiger partial charge in [-0.1, -0.05) is 26.0 Å². The minimum atomic E-state index is -0.361. The fourth-order valence-corrected chi connectivity index (χ4v) is 2.93. The molecule has 25 heavy (non-hydrogen) atoms. The predicted octanol–water partition coefficient (Wildman–Crippen LogP) is 5.13. The summed E-state index contributed by atoms with van der Waals surface area (Å²) in [6.07, 6.45) is 3.05. The van der Waals surface area contributed by atoms with Crippen LogP contribution in [0.5, 0.6) is 0 Å². The molecule has 5 nitrogen and oxygen atoms in total. The Kier molecular flexibility index (Phi) is 4.53. The van der Waals surface area contributed by atoms with Crippen molar-refractivity contribution in [2.24, 2.45) is 5.92 Å². The van der Waals surface area contributed by atoms with Crippen LogP contribution in [0.4, 0.5) is 5.69 Å². The number of nitro benzene ring substituents is 1. The van der Waals surface area contributed by atoms with Crippen molar-refractivity contribution in [2.75, 3.05) is 0 Å². The lowest BCUT2D eigenvalue weighted by atomic mass is 10.0. The minimum Gasteiger partial charge on any atom is -0.347 e. The number of hydrogen-bond acceptors (Lipinski definition) is 3. The van der Waals surface area contributed by atoms with Crippen molar-refractivity contribution >= 4 is 16.6 Å². The molecule has 3 rings (SSSR count). The van der Waals surface area contributed by atoms with E-state index in [1.54, 1.807) is 24.3 Å². The van der Waals surface area contributed by atoms with E-state index in [1.165, 1.54) is 0 Å². The van der Waals surface area contributed by atoms with Crippen LogP contribution in [-0.4, -0.2) is 9.49 Å². The van der Waals surface area contributed by atoms with E-state index in [9.17, 15) is 10.1 Å². The average molecular weight is 333 g/mol. The summed E-state index contributed by atoms with van der Waals surface area (Å²) in [5, 5.41) is 21.1. The third-order valence-electron chi connectivity index (χ3n) is 4.35. The molecule has 3 aromatic rings. The first kappa shape index (κ1) is 16.7. The Hall–Kier alpha value is -3.13. The maximum Gasteiger partial charge on any atom is 0.271 e. The summed E-state index contributed by atoms with van der Waals surface area (Å²) >= 11 is 0. The molecular formula is C20H19N3O2. The van der Waals surface area contributed by atoms with E-state index in [2.05, 4.69) is 30.7 Å². The maximum absolute atomic E-state index is 11.1. The van der Waals surface area contributed by atoms with Crippen molar-refractivity contribution in [1.82, 2.24) is 4.57 Å². The summed E-state index contributed by atoms with van der Waals surface area (Å²) in [5.74, 6) is 0.550. The molecule has 0 spiro atoms. The van der Waals surface area contributed by atoms with Gasteiger partial charge in [-0.15, -0.1) is 0 Å². The molecule has 0 saturated carbocycles. The SMILES string of the molecule is CC(C)CCn1cc(-c2ccc(C#N)cc2)c2ccc([N+](=O)[O-])cc21. The zero-order valence-electron chi connectivity index (χ0n) is 14.3. The summed E-state index contributed by atoms with van der Waals surface area (Å²) in [6.45, 7) is 5.14. The van der Waals surface area contributed by atoms with Gasteiger partial charge in [0.25, 0.3) is 5.69 Å². The van der Waals surface area contributed by atoms with Crippen LogP contribution in [0.1, 0.15) is 25.8 Å². The summed E-state index contributed by atoms with van der Waals surface area (Å²) < 4.78 is 2.09. The van der Waals surface area contributed by atoms with Crippen LogP contribution in [0.25, 0.3) is 22.0 Å². The molecule has 2 aromatic carbocycles. The first-order chi connectivity index (χ1) is 12.0. The van der Waals surface area contributed by atoms with Crippen molar-refractivity contribution in [3.63, 3.8) is 0 Å². The van der Waals surface area contributed by atoms with E-state index < -0.39 is 0 Å². The minimum absolute atomic E-state index is 0.0998. The number of nitrogens with zero attached hydrogens (tertiary/aromatic N) is 3. The molecule has 0 bridgehead atoms. The van der Waals surface area contributed by atoms with E-state index in [4.69, 9.17) is 5.26 Å². The predicted molar refractivity (Wildman–Crippen MR) is 98.2 cm³/mol. The van der Waals surface area contributed by atoms with E-state index in [0.29, 0.717) is 11.5 Å². The third-order valence-corrected chi connectivity index (χ3v) is 4.35. The fourth-order valence-electron chi connectivity index (χ4n) is 2.93. The average Bonchev–Trinajstić information content (AvgIpc) is 2.98. The Labute approximate surface area is 146 Å². The van der Waals surface area contributed by atoms with Gasteiger partial charge < -0.3 is 4.57 Å². The second-order valence-electron chi connectivity index (χ2n) is 6.57. The molecule has 0 N–H and O–H groups in total. The first-order valence-electron chi connectivity index (χ1n) is 8.27. The number of nitro groups is 1. The summed E-state index contributed by atoms with van der Waals surface area (Å²) in [4.78, 5) is 10.8. The Bertz CT molecular complexity index is 963. The van der Waals surface area contributed by atoms with Crippen LogP contribution in [0.2, 0.25) is 0 Å². The largest absolute Gasteiger partial charge is 0.347 e. The highest BCUT2D eigenvalue weighted by Crippen LogP contribution is 2.33. The van der Waals surface area contributed by atoms with E-state index in [1.807, 2.05) is 18.2 Å². The highest BCUT2D eigenvalue weighted by molar-refractivity contribution is 5.97.